The lowest BCUT2D eigenvalue weighted by Crippen LogP contribution is -2.45. The maximum absolute atomic E-state index is 14.1. The minimum Gasteiger partial charge on any atom is -0.376 e. The predicted octanol–water partition coefficient (Wildman–Crippen LogP) is 1.68. The zero-order chi connectivity index (χ0) is 23.4. The van der Waals surface area contributed by atoms with Crippen LogP contribution in [0.1, 0.15) is 24.0 Å². The van der Waals surface area contributed by atoms with Gasteiger partial charge in [-0.15, -0.1) is 0 Å². The van der Waals surface area contributed by atoms with Crippen molar-refractivity contribution >= 4 is 17.7 Å². The first-order valence-corrected chi connectivity index (χ1v) is 10.8. The van der Waals surface area contributed by atoms with E-state index in [1.165, 1.54) is 23.1 Å². The van der Waals surface area contributed by atoms with Crippen LogP contribution in [0.4, 0.5) is 4.39 Å². The molecule has 0 N–H and O–H groups in total. The van der Waals surface area contributed by atoms with Crippen molar-refractivity contribution in [3.63, 3.8) is 0 Å². The highest BCUT2D eigenvalue weighted by molar-refractivity contribution is 6.10. The molecule has 3 amide bonds. The predicted molar refractivity (Wildman–Crippen MR) is 115 cm³/mol. The number of hydrogen-bond acceptors (Lipinski definition) is 6. The topological polar surface area (TPSA) is 89.0 Å². The summed E-state index contributed by atoms with van der Waals surface area (Å²) in [6, 6.07) is 9.05. The summed E-state index contributed by atoms with van der Waals surface area (Å²) in [5, 5.41) is 0. The Morgan fingerprint density at radius 2 is 2.12 bits per heavy atom. The van der Waals surface area contributed by atoms with Gasteiger partial charge in [0.2, 0.25) is 17.7 Å². The zero-order valence-electron chi connectivity index (χ0n) is 18.4. The number of rotatable bonds is 7. The average molecular weight is 455 g/mol. The number of nitrogens with zero attached hydrogens (tertiary/aromatic N) is 3. The maximum Gasteiger partial charge on any atom is 0.241 e. The second-order valence-corrected chi connectivity index (χ2v) is 8.43. The van der Waals surface area contributed by atoms with Crippen molar-refractivity contribution in [2.75, 3.05) is 33.4 Å². The number of carbonyl (C=O) groups excluding carboxylic acids is 3. The number of likely N-dealkylation sites (N-methyl/N-ethyl adjacent to an activating group) is 1. The van der Waals surface area contributed by atoms with E-state index in [0.717, 1.165) is 4.90 Å². The number of hydrogen-bond donors (Lipinski definition) is 0. The van der Waals surface area contributed by atoms with Crippen molar-refractivity contribution < 1.29 is 28.2 Å². The molecule has 0 aliphatic carbocycles. The van der Waals surface area contributed by atoms with Crippen LogP contribution in [0.2, 0.25) is 0 Å². The Labute approximate surface area is 191 Å². The second kappa shape index (κ2) is 9.76. The highest BCUT2D eigenvalue weighted by atomic mass is 19.1. The standard InChI is InChI=1S/C24H26FN3O5/c1-27(15-20-16-32-8-9-33-20)21(29)11-24(18-5-2-6-19(25)10-18)12-22(30)28(23(24)31)14-17-4-3-7-26-13-17/h2-7,10,13,20H,8-9,11-12,14-16H2,1H3. The fraction of sp³-hybridized carbons (Fsp3) is 0.417. The van der Waals surface area contributed by atoms with Crippen LogP contribution in [0.3, 0.4) is 0 Å². The number of carbonyl (C=O) groups is 3. The summed E-state index contributed by atoms with van der Waals surface area (Å²) in [7, 11) is 1.62. The number of imide groups is 1. The summed E-state index contributed by atoms with van der Waals surface area (Å²) in [5.41, 5.74) is -0.475. The van der Waals surface area contributed by atoms with Crippen molar-refractivity contribution in [3.05, 3.63) is 65.7 Å². The van der Waals surface area contributed by atoms with Crippen molar-refractivity contribution in [2.45, 2.75) is 30.9 Å². The van der Waals surface area contributed by atoms with Gasteiger partial charge < -0.3 is 14.4 Å². The average Bonchev–Trinajstić information content (AvgIpc) is 3.05. The number of aromatic nitrogens is 1. The number of halogens is 1. The van der Waals surface area contributed by atoms with Crippen molar-refractivity contribution in [3.8, 4) is 0 Å². The first kappa shape index (κ1) is 23.0. The SMILES string of the molecule is CN(CC1COCCO1)C(=O)CC1(c2cccc(F)c2)CC(=O)N(Cc2cccnc2)C1=O. The van der Waals surface area contributed by atoms with E-state index >= 15 is 0 Å². The molecule has 9 heteroatoms. The number of ether oxygens (including phenoxy) is 2. The smallest absolute Gasteiger partial charge is 0.241 e. The summed E-state index contributed by atoms with van der Waals surface area (Å²) >= 11 is 0. The fourth-order valence-corrected chi connectivity index (χ4v) is 4.33. The number of benzene rings is 1. The molecule has 2 aliphatic heterocycles. The van der Waals surface area contributed by atoms with E-state index < -0.39 is 23.0 Å². The molecule has 2 saturated heterocycles. The molecule has 2 unspecified atom stereocenters. The van der Waals surface area contributed by atoms with Crippen LogP contribution >= 0.6 is 0 Å². The monoisotopic (exact) mass is 455 g/mol. The van der Waals surface area contributed by atoms with Gasteiger partial charge in [-0.2, -0.15) is 0 Å². The van der Waals surface area contributed by atoms with Gasteiger partial charge in [-0.3, -0.25) is 24.3 Å². The van der Waals surface area contributed by atoms with E-state index in [9.17, 15) is 18.8 Å². The van der Waals surface area contributed by atoms with Gasteiger partial charge in [0.05, 0.1) is 37.9 Å². The van der Waals surface area contributed by atoms with Crippen LogP contribution in [-0.2, 0) is 35.8 Å². The fourth-order valence-electron chi connectivity index (χ4n) is 4.33. The van der Waals surface area contributed by atoms with E-state index in [0.29, 0.717) is 37.5 Å². The van der Waals surface area contributed by atoms with Gasteiger partial charge in [-0.25, -0.2) is 4.39 Å². The Bertz CT molecular complexity index is 1030. The quantitative estimate of drug-likeness (QED) is 0.591. The minimum absolute atomic E-state index is 0.0415. The van der Waals surface area contributed by atoms with Crippen LogP contribution in [0.25, 0.3) is 0 Å². The maximum atomic E-state index is 14.1. The van der Waals surface area contributed by atoms with Crippen LogP contribution in [0.15, 0.2) is 48.8 Å². The lowest BCUT2D eigenvalue weighted by molar-refractivity contribution is -0.144. The highest BCUT2D eigenvalue weighted by Gasteiger charge is 2.54. The molecule has 0 saturated carbocycles. The summed E-state index contributed by atoms with van der Waals surface area (Å²) in [4.78, 5) is 46.4. The molecule has 1 aromatic heterocycles. The summed E-state index contributed by atoms with van der Waals surface area (Å²) in [6.45, 7) is 1.68. The molecule has 1 aromatic carbocycles. The molecule has 8 nitrogen and oxygen atoms in total. The van der Waals surface area contributed by atoms with Crippen LogP contribution in [0.5, 0.6) is 0 Å². The molecule has 0 radical (unpaired) electrons. The van der Waals surface area contributed by atoms with Gasteiger partial charge in [0.15, 0.2) is 0 Å². The number of amides is 3. The second-order valence-electron chi connectivity index (χ2n) is 8.43. The Balaban J connectivity index is 1.60. The third kappa shape index (κ3) is 4.94. The van der Waals surface area contributed by atoms with E-state index in [1.807, 2.05) is 0 Å². The summed E-state index contributed by atoms with van der Waals surface area (Å²) < 4.78 is 25.1. The molecule has 0 bridgehead atoms. The summed E-state index contributed by atoms with van der Waals surface area (Å²) in [6.07, 6.45) is 2.45. The largest absolute Gasteiger partial charge is 0.376 e. The number of likely N-dealkylation sites (tertiary alicyclic amines) is 1. The molecule has 2 aromatic rings. The van der Waals surface area contributed by atoms with E-state index in [2.05, 4.69) is 4.98 Å². The Kier molecular flexibility index (Phi) is 6.80. The normalized spacial score (nSPS) is 23.1. The van der Waals surface area contributed by atoms with Gasteiger partial charge in [-0.1, -0.05) is 18.2 Å². The van der Waals surface area contributed by atoms with Gasteiger partial charge in [0, 0.05) is 38.8 Å². The molecule has 174 valence electrons. The number of pyridine rings is 1. The first-order valence-electron chi connectivity index (χ1n) is 10.8. The Hall–Kier alpha value is -3.17. The van der Waals surface area contributed by atoms with Crippen LogP contribution < -0.4 is 0 Å². The molecule has 0 spiro atoms. The third-order valence-corrected chi connectivity index (χ3v) is 6.09. The van der Waals surface area contributed by atoms with Crippen molar-refractivity contribution in [1.29, 1.82) is 0 Å². The van der Waals surface area contributed by atoms with E-state index in [1.54, 1.807) is 37.6 Å². The Morgan fingerprint density at radius 1 is 1.27 bits per heavy atom. The van der Waals surface area contributed by atoms with Gasteiger partial charge in [0.1, 0.15) is 5.82 Å². The van der Waals surface area contributed by atoms with Gasteiger partial charge in [0.25, 0.3) is 0 Å². The highest BCUT2D eigenvalue weighted by Crippen LogP contribution is 2.41. The molecule has 33 heavy (non-hydrogen) atoms. The van der Waals surface area contributed by atoms with Crippen molar-refractivity contribution in [2.24, 2.45) is 0 Å². The first-order chi connectivity index (χ1) is 15.9. The van der Waals surface area contributed by atoms with Gasteiger partial charge >= 0.3 is 0 Å². The zero-order valence-corrected chi connectivity index (χ0v) is 18.4. The molecule has 4 rings (SSSR count). The molecule has 3 heterocycles. The van der Waals surface area contributed by atoms with Crippen LogP contribution in [-0.4, -0.2) is 72.0 Å². The molecule has 2 aliphatic rings. The van der Waals surface area contributed by atoms with Crippen LogP contribution in [0, 0.1) is 5.82 Å². The van der Waals surface area contributed by atoms with Gasteiger partial charge in [-0.05, 0) is 29.3 Å². The molecular formula is C24H26FN3O5. The lowest BCUT2D eigenvalue weighted by Gasteiger charge is -2.31. The third-order valence-electron chi connectivity index (χ3n) is 6.09. The van der Waals surface area contributed by atoms with E-state index in [-0.39, 0.29) is 31.4 Å². The molecule has 2 atom stereocenters. The molecular weight excluding hydrogens is 429 g/mol. The van der Waals surface area contributed by atoms with E-state index in [4.69, 9.17) is 9.47 Å². The minimum atomic E-state index is -1.48. The lowest BCUT2D eigenvalue weighted by atomic mass is 9.75. The summed E-state index contributed by atoms with van der Waals surface area (Å²) in [5.74, 6) is -1.79. The Morgan fingerprint density at radius 3 is 2.82 bits per heavy atom. The molecule has 2 fully saturated rings. The van der Waals surface area contributed by atoms with Crippen molar-refractivity contribution in [1.82, 2.24) is 14.8 Å².